The van der Waals surface area contributed by atoms with Crippen molar-refractivity contribution < 1.29 is 4.79 Å². The number of nitrogens with one attached hydrogen (secondary N) is 2. The Morgan fingerprint density at radius 3 is 2.62 bits per heavy atom. The molecule has 0 aliphatic heterocycles. The molecule has 1 aromatic heterocycles. The molecule has 26 heavy (non-hydrogen) atoms. The lowest BCUT2D eigenvalue weighted by atomic mass is 10.0. The molecule has 3 aromatic rings. The summed E-state index contributed by atoms with van der Waals surface area (Å²) in [5.41, 5.74) is 3.92. The van der Waals surface area contributed by atoms with Crippen LogP contribution in [-0.4, -0.2) is 15.9 Å². The Morgan fingerprint density at radius 1 is 1.15 bits per heavy atom. The first-order valence-corrected chi connectivity index (χ1v) is 8.93. The summed E-state index contributed by atoms with van der Waals surface area (Å²) in [4.78, 5) is 31.5. The van der Waals surface area contributed by atoms with Gasteiger partial charge in [0.05, 0.1) is 17.1 Å². The minimum absolute atomic E-state index is 0.0729. The number of aromatic amines is 1. The molecule has 0 fully saturated rings. The second-order valence-corrected chi connectivity index (χ2v) is 6.41. The van der Waals surface area contributed by atoms with Gasteiger partial charge >= 0.3 is 0 Å². The third-order valence-electron chi connectivity index (χ3n) is 4.52. The molecule has 0 aliphatic rings. The van der Waals surface area contributed by atoms with E-state index in [2.05, 4.69) is 34.3 Å². The van der Waals surface area contributed by atoms with E-state index in [-0.39, 0.29) is 23.9 Å². The highest BCUT2D eigenvalue weighted by molar-refractivity contribution is 5.77. The summed E-state index contributed by atoms with van der Waals surface area (Å²) < 4.78 is 0. The molecule has 1 amide bonds. The third-order valence-corrected chi connectivity index (χ3v) is 4.52. The quantitative estimate of drug-likeness (QED) is 0.717. The van der Waals surface area contributed by atoms with Crippen molar-refractivity contribution in [3.63, 3.8) is 0 Å². The highest BCUT2D eigenvalue weighted by Gasteiger charge is 2.12. The van der Waals surface area contributed by atoms with Crippen molar-refractivity contribution in [2.75, 3.05) is 0 Å². The van der Waals surface area contributed by atoms with Crippen molar-refractivity contribution in [1.29, 1.82) is 0 Å². The van der Waals surface area contributed by atoms with Crippen LogP contribution in [0.2, 0.25) is 0 Å². The first-order chi connectivity index (χ1) is 12.6. The van der Waals surface area contributed by atoms with E-state index in [9.17, 15) is 9.59 Å². The van der Waals surface area contributed by atoms with Gasteiger partial charge in [0, 0.05) is 12.8 Å². The molecule has 2 aromatic carbocycles. The van der Waals surface area contributed by atoms with Gasteiger partial charge in [-0.1, -0.05) is 43.3 Å². The van der Waals surface area contributed by atoms with Crippen LogP contribution in [0.5, 0.6) is 0 Å². The first kappa shape index (κ1) is 17.9. The van der Waals surface area contributed by atoms with Crippen LogP contribution in [0.25, 0.3) is 11.0 Å². The summed E-state index contributed by atoms with van der Waals surface area (Å²) in [5.74, 6) is -0.0913. The molecule has 0 aliphatic carbocycles. The van der Waals surface area contributed by atoms with Crippen LogP contribution in [0.15, 0.2) is 53.3 Å². The number of H-pyrrole nitrogens is 1. The van der Waals surface area contributed by atoms with Crippen LogP contribution in [0.1, 0.15) is 43.1 Å². The smallest absolute Gasteiger partial charge is 0.270 e. The number of rotatable bonds is 6. The average Bonchev–Trinajstić information content (AvgIpc) is 2.66. The molecule has 5 heteroatoms. The minimum atomic E-state index is -0.236. The van der Waals surface area contributed by atoms with E-state index in [4.69, 9.17) is 0 Å². The molecular formula is C21H23N3O2. The van der Waals surface area contributed by atoms with Gasteiger partial charge in [0.2, 0.25) is 5.91 Å². The number of carbonyl (C=O) groups is 1. The van der Waals surface area contributed by atoms with Gasteiger partial charge in [-0.3, -0.25) is 9.59 Å². The molecule has 1 heterocycles. The summed E-state index contributed by atoms with van der Waals surface area (Å²) in [6.07, 6.45) is 1.54. The topological polar surface area (TPSA) is 74.8 Å². The van der Waals surface area contributed by atoms with Crippen molar-refractivity contribution in [2.45, 2.75) is 39.2 Å². The van der Waals surface area contributed by atoms with Crippen molar-refractivity contribution in [2.24, 2.45) is 0 Å². The van der Waals surface area contributed by atoms with E-state index in [0.717, 1.165) is 17.5 Å². The Balaban J connectivity index is 1.61. The van der Waals surface area contributed by atoms with E-state index < -0.39 is 0 Å². The molecule has 5 nitrogen and oxygen atoms in total. The first-order valence-electron chi connectivity index (χ1n) is 8.93. The molecule has 0 radical (unpaired) electrons. The lowest BCUT2D eigenvalue weighted by molar-refractivity contribution is -0.121. The number of aryl methyl sites for hydroxylation is 2. The molecule has 1 atom stereocenters. The van der Waals surface area contributed by atoms with Crippen LogP contribution >= 0.6 is 0 Å². The van der Waals surface area contributed by atoms with E-state index in [0.29, 0.717) is 17.6 Å². The van der Waals surface area contributed by atoms with Crippen molar-refractivity contribution in [3.05, 3.63) is 75.7 Å². The molecule has 0 bridgehead atoms. The molecular weight excluding hydrogens is 326 g/mol. The Labute approximate surface area is 152 Å². The van der Waals surface area contributed by atoms with Crippen LogP contribution in [0.4, 0.5) is 0 Å². The van der Waals surface area contributed by atoms with E-state index in [1.165, 1.54) is 5.56 Å². The number of carbonyl (C=O) groups excluding carboxylic acids is 1. The van der Waals surface area contributed by atoms with Crippen molar-refractivity contribution in [3.8, 4) is 0 Å². The van der Waals surface area contributed by atoms with E-state index >= 15 is 0 Å². The van der Waals surface area contributed by atoms with Crippen LogP contribution < -0.4 is 10.9 Å². The van der Waals surface area contributed by atoms with Crippen molar-refractivity contribution in [1.82, 2.24) is 15.3 Å². The number of nitrogens with zero attached hydrogens (tertiary/aromatic N) is 1. The average molecular weight is 349 g/mol. The molecule has 2 N–H and O–H groups in total. The normalized spacial score (nSPS) is 12.1. The summed E-state index contributed by atoms with van der Waals surface area (Å²) in [7, 11) is 0. The van der Waals surface area contributed by atoms with Gasteiger partial charge in [-0.05, 0) is 36.6 Å². The van der Waals surface area contributed by atoms with Crippen LogP contribution in [0, 0.1) is 0 Å². The van der Waals surface area contributed by atoms with Gasteiger partial charge in [-0.15, -0.1) is 0 Å². The summed E-state index contributed by atoms with van der Waals surface area (Å²) in [6, 6.07) is 15.5. The number of hydrogen-bond acceptors (Lipinski definition) is 3. The fourth-order valence-corrected chi connectivity index (χ4v) is 2.91. The number of amides is 1. The van der Waals surface area contributed by atoms with Gasteiger partial charge in [-0.2, -0.15) is 0 Å². The zero-order valence-corrected chi connectivity index (χ0v) is 15.1. The Morgan fingerprint density at radius 2 is 1.88 bits per heavy atom. The number of fused-ring (bicyclic) bond motifs is 1. The second-order valence-electron chi connectivity index (χ2n) is 6.41. The zero-order chi connectivity index (χ0) is 18.5. The summed E-state index contributed by atoms with van der Waals surface area (Å²) >= 11 is 0. The Kier molecular flexibility index (Phi) is 5.46. The van der Waals surface area contributed by atoms with Gasteiger partial charge in [0.25, 0.3) is 5.56 Å². The van der Waals surface area contributed by atoms with Gasteiger partial charge in [-0.25, -0.2) is 4.98 Å². The molecule has 3 rings (SSSR count). The number of para-hydroxylation sites is 2. The minimum Gasteiger partial charge on any atom is -0.350 e. The maximum atomic E-state index is 12.2. The highest BCUT2D eigenvalue weighted by atomic mass is 16.1. The van der Waals surface area contributed by atoms with Gasteiger partial charge < -0.3 is 10.3 Å². The Bertz CT molecular complexity index is 961. The predicted octanol–water partition coefficient (Wildman–Crippen LogP) is 3.30. The van der Waals surface area contributed by atoms with Gasteiger partial charge in [0.15, 0.2) is 0 Å². The SMILES string of the molecule is CCc1ccc(C(C)NC(=O)CCc2nc3ccccc3[nH]c2=O)cc1. The number of hydrogen-bond donors (Lipinski definition) is 2. The monoisotopic (exact) mass is 349 g/mol. The van der Waals surface area contributed by atoms with E-state index in [1.54, 1.807) is 0 Å². The van der Waals surface area contributed by atoms with E-state index in [1.807, 2.05) is 43.3 Å². The van der Waals surface area contributed by atoms with Crippen LogP contribution in [-0.2, 0) is 17.6 Å². The summed E-state index contributed by atoms with van der Waals surface area (Å²) in [6.45, 7) is 4.07. The number of aromatic nitrogens is 2. The highest BCUT2D eigenvalue weighted by Crippen LogP contribution is 2.14. The standard InChI is InChI=1S/C21H23N3O2/c1-3-15-8-10-16(11-9-15)14(2)22-20(25)13-12-19-21(26)24-18-7-5-4-6-17(18)23-19/h4-11,14H,3,12-13H2,1-2H3,(H,22,25)(H,24,26). The predicted molar refractivity (Wildman–Crippen MR) is 103 cm³/mol. The second kappa shape index (κ2) is 7.95. The largest absolute Gasteiger partial charge is 0.350 e. The van der Waals surface area contributed by atoms with Crippen LogP contribution in [0.3, 0.4) is 0 Å². The Hall–Kier alpha value is -2.95. The maximum absolute atomic E-state index is 12.2. The zero-order valence-electron chi connectivity index (χ0n) is 15.1. The van der Waals surface area contributed by atoms with Gasteiger partial charge in [0.1, 0.15) is 5.69 Å². The summed E-state index contributed by atoms with van der Waals surface area (Å²) in [5, 5.41) is 2.98. The molecule has 0 saturated carbocycles. The van der Waals surface area contributed by atoms with Crippen molar-refractivity contribution >= 4 is 16.9 Å². The molecule has 0 saturated heterocycles. The molecule has 0 spiro atoms. The lowest BCUT2D eigenvalue weighted by Gasteiger charge is -2.14. The maximum Gasteiger partial charge on any atom is 0.270 e. The number of benzene rings is 2. The molecule has 1 unspecified atom stereocenters. The fraction of sp³-hybridized carbons (Fsp3) is 0.286. The third kappa shape index (κ3) is 4.17. The fourth-order valence-electron chi connectivity index (χ4n) is 2.91. The molecule has 134 valence electrons. The lowest BCUT2D eigenvalue weighted by Crippen LogP contribution is -2.27.